The van der Waals surface area contributed by atoms with Crippen molar-refractivity contribution in [2.24, 2.45) is 0 Å². The third-order valence-corrected chi connectivity index (χ3v) is 2.01. The van der Waals surface area contributed by atoms with Gasteiger partial charge in [-0.1, -0.05) is 29.8 Å². The van der Waals surface area contributed by atoms with Crippen LogP contribution in [0.25, 0.3) is 0 Å². The average Bonchev–Trinajstić information content (AvgIpc) is 2.56. The predicted octanol–water partition coefficient (Wildman–Crippen LogP) is 0.928. The van der Waals surface area contributed by atoms with Crippen LogP contribution in [0.2, 0.25) is 0 Å². The lowest BCUT2D eigenvalue weighted by Gasteiger charge is -2.01. The average molecular weight is 189 g/mol. The minimum atomic E-state index is -0.169. The number of benzene rings is 1. The molecule has 4 nitrogen and oxygen atoms in total. The Hall–Kier alpha value is -1.84. The van der Waals surface area contributed by atoms with E-state index in [1.807, 2.05) is 31.2 Å². The quantitative estimate of drug-likeness (QED) is 0.764. The molecule has 14 heavy (non-hydrogen) atoms. The number of aromatic amines is 1. The lowest BCUT2D eigenvalue weighted by atomic mass is 10.1. The first kappa shape index (κ1) is 8.74. The second-order valence-electron chi connectivity index (χ2n) is 3.26. The standard InChI is InChI=1S/C10H11N3O/c1-8-2-4-9(5-3-8)7-13-11-6-10(14)12-13/h2-6H,7H2,1H3,(H,12,14). The van der Waals surface area contributed by atoms with Crippen LogP contribution >= 0.6 is 0 Å². The summed E-state index contributed by atoms with van der Waals surface area (Å²) in [6.45, 7) is 2.64. The van der Waals surface area contributed by atoms with Gasteiger partial charge in [0.1, 0.15) is 6.20 Å². The van der Waals surface area contributed by atoms with Crippen LogP contribution in [0.5, 0.6) is 0 Å². The largest absolute Gasteiger partial charge is 0.284 e. The van der Waals surface area contributed by atoms with Gasteiger partial charge in [0.2, 0.25) is 0 Å². The fourth-order valence-corrected chi connectivity index (χ4v) is 1.25. The Labute approximate surface area is 81.2 Å². The Kier molecular flexibility index (Phi) is 2.18. The van der Waals surface area contributed by atoms with Gasteiger partial charge in [0, 0.05) is 0 Å². The first-order chi connectivity index (χ1) is 6.74. The minimum absolute atomic E-state index is 0.169. The van der Waals surface area contributed by atoms with E-state index in [1.165, 1.54) is 16.6 Å². The summed E-state index contributed by atoms with van der Waals surface area (Å²) in [5.74, 6) is 0. The molecule has 1 heterocycles. The van der Waals surface area contributed by atoms with Crippen molar-refractivity contribution in [3.8, 4) is 0 Å². The first-order valence-corrected chi connectivity index (χ1v) is 4.42. The van der Waals surface area contributed by atoms with Gasteiger partial charge in [0.05, 0.1) is 6.54 Å². The Morgan fingerprint density at radius 1 is 1.36 bits per heavy atom. The molecule has 1 aromatic carbocycles. The second-order valence-corrected chi connectivity index (χ2v) is 3.26. The molecule has 0 fully saturated rings. The number of rotatable bonds is 2. The number of nitrogens with zero attached hydrogens (tertiary/aromatic N) is 2. The summed E-state index contributed by atoms with van der Waals surface area (Å²) in [6, 6.07) is 8.12. The highest BCUT2D eigenvalue weighted by atomic mass is 16.1. The molecule has 0 radical (unpaired) electrons. The topological polar surface area (TPSA) is 50.7 Å². The number of hydrogen-bond acceptors (Lipinski definition) is 2. The lowest BCUT2D eigenvalue weighted by Crippen LogP contribution is -2.07. The molecular weight excluding hydrogens is 178 g/mol. The molecule has 2 rings (SSSR count). The van der Waals surface area contributed by atoms with E-state index in [-0.39, 0.29) is 5.56 Å². The van der Waals surface area contributed by atoms with E-state index < -0.39 is 0 Å². The third-order valence-electron chi connectivity index (χ3n) is 2.01. The first-order valence-electron chi connectivity index (χ1n) is 4.42. The molecule has 0 saturated heterocycles. The Bertz CT molecular complexity index is 467. The van der Waals surface area contributed by atoms with E-state index in [2.05, 4.69) is 10.2 Å². The highest BCUT2D eigenvalue weighted by Crippen LogP contribution is 2.03. The molecule has 1 aromatic heterocycles. The van der Waals surface area contributed by atoms with Crippen molar-refractivity contribution in [3.05, 3.63) is 51.9 Å². The van der Waals surface area contributed by atoms with Crippen LogP contribution < -0.4 is 5.56 Å². The van der Waals surface area contributed by atoms with E-state index in [0.29, 0.717) is 6.54 Å². The van der Waals surface area contributed by atoms with E-state index in [1.54, 1.807) is 0 Å². The van der Waals surface area contributed by atoms with Crippen molar-refractivity contribution in [1.82, 2.24) is 15.0 Å². The molecule has 0 aliphatic rings. The van der Waals surface area contributed by atoms with Gasteiger partial charge in [-0.25, -0.2) is 9.90 Å². The summed E-state index contributed by atoms with van der Waals surface area (Å²) in [5, 5.41) is 6.47. The van der Waals surface area contributed by atoms with Crippen LogP contribution in [0, 0.1) is 6.92 Å². The van der Waals surface area contributed by atoms with Crippen molar-refractivity contribution in [3.63, 3.8) is 0 Å². The zero-order chi connectivity index (χ0) is 9.97. The van der Waals surface area contributed by atoms with Gasteiger partial charge >= 0.3 is 0 Å². The number of hydrogen-bond donors (Lipinski definition) is 1. The molecule has 2 aromatic rings. The van der Waals surface area contributed by atoms with Crippen LogP contribution in [-0.2, 0) is 6.54 Å². The maximum Gasteiger partial charge on any atom is 0.284 e. The van der Waals surface area contributed by atoms with Crippen LogP contribution in [0.3, 0.4) is 0 Å². The zero-order valence-corrected chi connectivity index (χ0v) is 7.90. The number of nitrogens with one attached hydrogen (secondary N) is 1. The molecule has 0 aliphatic heterocycles. The van der Waals surface area contributed by atoms with Gasteiger partial charge in [0.25, 0.3) is 5.56 Å². The van der Waals surface area contributed by atoms with Crippen molar-refractivity contribution in [2.75, 3.05) is 0 Å². The zero-order valence-electron chi connectivity index (χ0n) is 7.90. The minimum Gasteiger partial charge on any atom is -0.266 e. The van der Waals surface area contributed by atoms with Gasteiger partial charge in [-0.2, -0.15) is 5.10 Å². The molecule has 0 saturated carbocycles. The molecular formula is C10H11N3O. The van der Waals surface area contributed by atoms with Gasteiger partial charge in [-0.05, 0) is 12.5 Å². The molecule has 1 N–H and O–H groups in total. The Morgan fingerprint density at radius 3 is 2.64 bits per heavy atom. The summed E-state index contributed by atoms with van der Waals surface area (Å²) in [7, 11) is 0. The van der Waals surface area contributed by atoms with Gasteiger partial charge in [-0.15, -0.1) is 0 Å². The summed E-state index contributed by atoms with van der Waals surface area (Å²) >= 11 is 0. The van der Waals surface area contributed by atoms with Crippen molar-refractivity contribution < 1.29 is 0 Å². The number of H-pyrrole nitrogens is 1. The van der Waals surface area contributed by atoms with Crippen molar-refractivity contribution in [1.29, 1.82) is 0 Å². The number of aromatic nitrogens is 3. The highest BCUT2D eigenvalue weighted by molar-refractivity contribution is 5.21. The van der Waals surface area contributed by atoms with Gasteiger partial charge in [-0.3, -0.25) is 4.79 Å². The summed E-state index contributed by atoms with van der Waals surface area (Å²) < 4.78 is 0. The van der Waals surface area contributed by atoms with Crippen LogP contribution in [-0.4, -0.2) is 15.0 Å². The second kappa shape index (κ2) is 3.49. The molecule has 0 unspecified atom stereocenters. The lowest BCUT2D eigenvalue weighted by molar-refractivity contribution is 0.587. The summed E-state index contributed by atoms with van der Waals surface area (Å²) in [6.07, 6.45) is 1.27. The third kappa shape index (κ3) is 1.90. The monoisotopic (exact) mass is 189 g/mol. The normalized spacial score (nSPS) is 10.4. The maximum absolute atomic E-state index is 10.8. The molecule has 4 heteroatoms. The SMILES string of the molecule is Cc1ccc(Cn2ncc(=O)[nH]2)cc1. The van der Waals surface area contributed by atoms with Gasteiger partial charge < -0.3 is 0 Å². The van der Waals surface area contributed by atoms with Crippen LogP contribution in [0.15, 0.2) is 35.3 Å². The summed E-state index contributed by atoms with van der Waals surface area (Å²) in [5.41, 5.74) is 2.18. The fourth-order valence-electron chi connectivity index (χ4n) is 1.25. The molecule has 0 aliphatic carbocycles. The van der Waals surface area contributed by atoms with E-state index in [9.17, 15) is 4.79 Å². The molecule has 0 bridgehead atoms. The van der Waals surface area contributed by atoms with Gasteiger partial charge in [0.15, 0.2) is 0 Å². The van der Waals surface area contributed by atoms with E-state index in [4.69, 9.17) is 0 Å². The molecule has 72 valence electrons. The molecule has 0 spiro atoms. The maximum atomic E-state index is 10.8. The highest BCUT2D eigenvalue weighted by Gasteiger charge is 1.95. The fraction of sp³-hybridized carbons (Fsp3) is 0.200. The molecule has 0 amide bonds. The Balaban J connectivity index is 2.19. The van der Waals surface area contributed by atoms with E-state index >= 15 is 0 Å². The van der Waals surface area contributed by atoms with Crippen LogP contribution in [0.4, 0.5) is 0 Å². The van der Waals surface area contributed by atoms with Crippen molar-refractivity contribution >= 4 is 0 Å². The molecule has 0 atom stereocenters. The number of aryl methyl sites for hydroxylation is 1. The smallest absolute Gasteiger partial charge is 0.266 e. The van der Waals surface area contributed by atoms with E-state index in [0.717, 1.165) is 5.56 Å². The summed E-state index contributed by atoms with van der Waals surface area (Å²) in [4.78, 5) is 12.3. The predicted molar refractivity (Wildman–Crippen MR) is 53.1 cm³/mol. The van der Waals surface area contributed by atoms with Crippen LogP contribution in [0.1, 0.15) is 11.1 Å². The Morgan fingerprint density at radius 2 is 2.07 bits per heavy atom. The van der Waals surface area contributed by atoms with Crippen molar-refractivity contribution in [2.45, 2.75) is 13.5 Å².